The summed E-state index contributed by atoms with van der Waals surface area (Å²) in [6.07, 6.45) is 6.53. The number of nitrogens with zero attached hydrogens (tertiary/aromatic N) is 4. The van der Waals surface area contributed by atoms with Crippen LogP contribution in [0.5, 0.6) is 0 Å². The summed E-state index contributed by atoms with van der Waals surface area (Å²) in [5.74, 6) is 0.828. The highest BCUT2D eigenvalue weighted by molar-refractivity contribution is 7.99. The maximum Gasteiger partial charge on any atom is 0.235 e. The lowest BCUT2D eigenvalue weighted by Crippen LogP contribution is -2.15. The van der Waals surface area contributed by atoms with Crippen LogP contribution < -0.4 is 5.32 Å². The molecule has 164 valence electrons. The van der Waals surface area contributed by atoms with Gasteiger partial charge in [0, 0.05) is 22.9 Å². The smallest absolute Gasteiger partial charge is 0.235 e. The minimum Gasteiger partial charge on any atom is -0.316 e. The highest BCUT2D eigenvalue weighted by atomic mass is 35.5. The van der Waals surface area contributed by atoms with Crippen LogP contribution in [0.4, 0.5) is 5.00 Å². The van der Waals surface area contributed by atoms with Crippen molar-refractivity contribution in [2.24, 2.45) is 0 Å². The lowest BCUT2D eigenvalue weighted by molar-refractivity contribution is -0.113. The Morgan fingerprint density at radius 3 is 2.84 bits per heavy atom. The van der Waals surface area contributed by atoms with Gasteiger partial charge in [0.1, 0.15) is 16.9 Å². The van der Waals surface area contributed by atoms with Crippen molar-refractivity contribution >= 4 is 45.6 Å². The Balaban J connectivity index is 1.43. The molecule has 2 heterocycles. The Morgan fingerprint density at radius 1 is 1.31 bits per heavy atom. The van der Waals surface area contributed by atoms with E-state index in [4.69, 9.17) is 11.6 Å². The fourth-order valence-corrected chi connectivity index (χ4v) is 5.87. The van der Waals surface area contributed by atoms with Crippen LogP contribution in [-0.2, 0) is 30.6 Å². The van der Waals surface area contributed by atoms with Crippen LogP contribution in [0.3, 0.4) is 0 Å². The Labute approximate surface area is 200 Å². The second-order valence-corrected chi connectivity index (χ2v) is 9.95. The van der Waals surface area contributed by atoms with E-state index in [1.165, 1.54) is 28.0 Å². The fraction of sp³-hybridized carbons (Fsp3) is 0.304. The summed E-state index contributed by atoms with van der Waals surface area (Å²) in [7, 11) is 0. The van der Waals surface area contributed by atoms with Gasteiger partial charge < -0.3 is 9.88 Å². The summed E-state index contributed by atoms with van der Waals surface area (Å²) in [6.45, 7) is 4.38. The molecule has 0 aliphatic heterocycles. The van der Waals surface area contributed by atoms with Gasteiger partial charge in [-0.1, -0.05) is 41.6 Å². The number of hydrogen-bond acceptors (Lipinski definition) is 6. The number of nitriles is 1. The summed E-state index contributed by atoms with van der Waals surface area (Å²) in [5.41, 5.74) is 2.82. The third-order valence-electron chi connectivity index (χ3n) is 5.25. The van der Waals surface area contributed by atoms with Crippen molar-refractivity contribution in [2.45, 2.75) is 43.8 Å². The average Bonchev–Trinajstić information content (AvgIpc) is 3.34. The predicted molar refractivity (Wildman–Crippen MR) is 130 cm³/mol. The maximum absolute atomic E-state index is 12.6. The molecule has 0 fully saturated rings. The first-order chi connectivity index (χ1) is 15.6. The number of hydrogen-bond donors (Lipinski definition) is 1. The van der Waals surface area contributed by atoms with Gasteiger partial charge in [0.05, 0.1) is 11.3 Å². The van der Waals surface area contributed by atoms with Crippen LogP contribution in [0.25, 0.3) is 0 Å². The van der Waals surface area contributed by atoms with Gasteiger partial charge in [-0.2, -0.15) is 5.26 Å². The number of aromatic nitrogens is 3. The van der Waals surface area contributed by atoms with E-state index in [2.05, 4.69) is 28.2 Å². The van der Waals surface area contributed by atoms with Crippen LogP contribution >= 0.6 is 34.7 Å². The van der Waals surface area contributed by atoms with Crippen molar-refractivity contribution in [2.75, 3.05) is 11.1 Å². The van der Waals surface area contributed by atoms with Crippen molar-refractivity contribution < 1.29 is 4.79 Å². The first-order valence-electron chi connectivity index (χ1n) is 10.3. The highest BCUT2D eigenvalue weighted by Crippen LogP contribution is 2.37. The third-order valence-corrected chi connectivity index (χ3v) is 7.68. The van der Waals surface area contributed by atoms with E-state index < -0.39 is 0 Å². The van der Waals surface area contributed by atoms with Gasteiger partial charge in [0.25, 0.3) is 0 Å². The molecule has 0 unspecified atom stereocenters. The van der Waals surface area contributed by atoms with E-state index in [1.807, 2.05) is 28.8 Å². The number of fused-ring (bicyclic) bond motifs is 1. The topological polar surface area (TPSA) is 83.6 Å². The minimum absolute atomic E-state index is 0.155. The molecule has 0 saturated carbocycles. The Kier molecular flexibility index (Phi) is 7.30. The number of thioether (sulfide) groups is 1. The normalized spacial score (nSPS) is 12.8. The van der Waals surface area contributed by atoms with Crippen LogP contribution in [0.2, 0.25) is 5.02 Å². The fourth-order valence-electron chi connectivity index (χ4n) is 3.72. The van der Waals surface area contributed by atoms with Crippen molar-refractivity contribution in [1.29, 1.82) is 5.26 Å². The number of carbonyl (C=O) groups excluding carboxylic acids is 1. The largest absolute Gasteiger partial charge is 0.316 e. The standard InChI is InChI=1S/C23H22ClN5OS2/c1-2-11-29-20(12-15-7-9-16(24)10-8-15)27-28-23(29)31-14-21(30)26-22-18(13-25)17-5-3-4-6-19(17)32-22/h2,7-10H,1,3-6,11-12,14H2,(H,26,30). The highest BCUT2D eigenvalue weighted by Gasteiger charge is 2.22. The number of benzene rings is 1. The lowest BCUT2D eigenvalue weighted by Gasteiger charge is -2.09. The Hall–Kier alpha value is -2.60. The molecule has 1 aromatic carbocycles. The molecule has 4 rings (SSSR count). The number of nitrogens with one attached hydrogen (secondary N) is 1. The second kappa shape index (κ2) is 10.3. The second-order valence-electron chi connectivity index (χ2n) is 7.47. The van der Waals surface area contributed by atoms with Gasteiger partial charge >= 0.3 is 0 Å². The zero-order chi connectivity index (χ0) is 22.5. The van der Waals surface area contributed by atoms with E-state index in [-0.39, 0.29) is 11.7 Å². The van der Waals surface area contributed by atoms with Crippen molar-refractivity contribution in [3.05, 3.63) is 69.3 Å². The van der Waals surface area contributed by atoms with Crippen molar-refractivity contribution in [3.63, 3.8) is 0 Å². The van der Waals surface area contributed by atoms with E-state index in [1.54, 1.807) is 6.08 Å². The van der Waals surface area contributed by atoms with Crippen LogP contribution in [0, 0.1) is 11.3 Å². The number of amides is 1. The molecule has 0 spiro atoms. The Morgan fingerprint density at radius 2 is 2.09 bits per heavy atom. The molecule has 2 aromatic heterocycles. The lowest BCUT2D eigenvalue weighted by atomic mass is 9.96. The van der Waals surface area contributed by atoms with E-state index in [0.29, 0.717) is 33.7 Å². The number of carbonyl (C=O) groups is 1. The molecule has 6 nitrogen and oxygen atoms in total. The number of allylic oxidation sites excluding steroid dienone is 1. The first-order valence-corrected chi connectivity index (χ1v) is 12.5. The number of aryl methyl sites for hydroxylation is 1. The van der Waals surface area contributed by atoms with Crippen molar-refractivity contribution in [1.82, 2.24) is 14.8 Å². The van der Waals surface area contributed by atoms with Crippen LogP contribution in [0.1, 0.15) is 40.2 Å². The molecule has 0 radical (unpaired) electrons. The molecule has 3 aromatic rings. The monoisotopic (exact) mass is 483 g/mol. The summed E-state index contributed by atoms with van der Waals surface area (Å²) in [5, 5.41) is 23.1. The summed E-state index contributed by atoms with van der Waals surface area (Å²) < 4.78 is 1.96. The molecule has 0 bridgehead atoms. The van der Waals surface area contributed by atoms with Gasteiger partial charge in [-0.15, -0.1) is 28.1 Å². The molecule has 9 heteroatoms. The van der Waals surface area contributed by atoms with Gasteiger partial charge in [-0.05, 0) is 48.9 Å². The number of halogens is 1. The molecular formula is C23H22ClN5OS2. The van der Waals surface area contributed by atoms with Gasteiger partial charge in [0.2, 0.25) is 5.91 Å². The molecule has 32 heavy (non-hydrogen) atoms. The molecule has 1 aliphatic carbocycles. The average molecular weight is 484 g/mol. The molecule has 1 amide bonds. The van der Waals surface area contributed by atoms with E-state index in [9.17, 15) is 10.1 Å². The molecule has 0 atom stereocenters. The molecule has 1 aliphatic rings. The van der Waals surface area contributed by atoms with E-state index >= 15 is 0 Å². The number of anilines is 1. The SMILES string of the molecule is C=CCn1c(Cc2ccc(Cl)cc2)nnc1SCC(=O)Nc1sc2c(c1C#N)CCCC2. The summed E-state index contributed by atoms with van der Waals surface area (Å²) in [4.78, 5) is 13.9. The quantitative estimate of drug-likeness (QED) is 0.349. The maximum atomic E-state index is 12.6. The number of thiophene rings is 1. The Bertz CT molecular complexity index is 1180. The van der Waals surface area contributed by atoms with Gasteiger partial charge in [-0.25, -0.2) is 0 Å². The predicted octanol–water partition coefficient (Wildman–Crippen LogP) is 5.25. The third kappa shape index (κ3) is 5.07. The number of rotatable bonds is 8. The van der Waals surface area contributed by atoms with Crippen LogP contribution in [-0.4, -0.2) is 26.4 Å². The summed E-state index contributed by atoms with van der Waals surface area (Å²) in [6, 6.07) is 9.90. The minimum atomic E-state index is -0.155. The van der Waals surface area contributed by atoms with E-state index in [0.717, 1.165) is 42.6 Å². The summed E-state index contributed by atoms with van der Waals surface area (Å²) >= 11 is 8.83. The molecular weight excluding hydrogens is 462 g/mol. The molecule has 1 N–H and O–H groups in total. The van der Waals surface area contributed by atoms with Crippen LogP contribution in [0.15, 0.2) is 42.1 Å². The first kappa shape index (κ1) is 22.6. The zero-order valence-electron chi connectivity index (χ0n) is 17.4. The van der Waals surface area contributed by atoms with Gasteiger partial charge in [-0.3, -0.25) is 4.79 Å². The van der Waals surface area contributed by atoms with Crippen molar-refractivity contribution in [3.8, 4) is 6.07 Å². The zero-order valence-corrected chi connectivity index (χ0v) is 19.8. The molecule has 0 saturated heterocycles. The van der Waals surface area contributed by atoms with Gasteiger partial charge in [0.15, 0.2) is 5.16 Å².